The number of carbonyl (C=O) groups excluding carboxylic acids is 1. The van der Waals surface area contributed by atoms with Crippen molar-refractivity contribution in [1.82, 2.24) is 4.90 Å². The molecule has 0 radical (unpaired) electrons. The minimum Gasteiger partial charge on any atom is -0.383 e. The van der Waals surface area contributed by atoms with Crippen LogP contribution in [0.5, 0.6) is 0 Å². The Morgan fingerprint density at radius 2 is 1.45 bits per heavy atom. The average Bonchev–Trinajstić information content (AvgIpc) is 2.54. The zero-order valence-corrected chi connectivity index (χ0v) is 12.8. The Balaban J connectivity index is 2.20. The third kappa shape index (κ3) is 4.69. The second-order valence-corrected chi connectivity index (χ2v) is 5.25. The molecule has 2 N–H and O–H groups in total. The van der Waals surface area contributed by atoms with E-state index in [-0.39, 0.29) is 12.5 Å². The number of ether oxygens (including phenoxy) is 1. The summed E-state index contributed by atoms with van der Waals surface area (Å²) in [6, 6.07) is 19.6. The summed E-state index contributed by atoms with van der Waals surface area (Å²) in [5, 5.41) is 0. The molecule has 0 bridgehead atoms. The summed E-state index contributed by atoms with van der Waals surface area (Å²) < 4.78 is 5.18. The molecular weight excluding hydrogens is 276 g/mol. The van der Waals surface area contributed by atoms with Gasteiger partial charge in [0, 0.05) is 20.2 Å². The third-order valence-electron chi connectivity index (χ3n) is 3.55. The molecule has 0 heterocycles. The predicted molar refractivity (Wildman–Crippen MR) is 87.0 cm³/mol. The summed E-state index contributed by atoms with van der Waals surface area (Å²) in [5.74, 6) is -0.367. The number of hydrogen-bond donors (Lipinski definition) is 1. The summed E-state index contributed by atoms with van der Waals surface area (Å²) in [6.45, 7) is 1.58. The van der Waals surface area contributed by atoms with Crippen molar-refractivity contribution in [3.05, 3.63) is 71.8 Å². The molecule has 0 aromatic heterocycles. The molecule has 0 saturated heterocycles. The molecule has 0 fully saturated rings. The molecule has 4 heteroatoms. The summed E-state index contributed by atoms with van der Waals surface area (Å²) in [4.78, 5) is 13.9. The second kappa shape index (κ2) is 8.32. The van der Waals surface area contributed by atoms with E-state index in [2.05, 4.69) is 4.90 Å². The molecule has 2 rings (SSSR count). The van der Waals surface area contributed by atoms with Crippen LogP contribution in [0, 0.1) is 0 Å². The fourth-order valence-electron chi connectivity index (χ4n) is 2.44. The van der Waals surface area contributed by atoms with Crippen molar-refractivity contribution in [2.24, 2.45) is 5.73 Å². The highest BCUT2D eigenvalue weighted by atomic mass is 16.5. The van der Waals surface area contributed by atoms with E-state index in [0.29, 0.717) is 13.1 Å². The maximum absolute atomic E-state index is 11.8. The van der Waals surface area contributed by atoms with E-state index in [0.717, 1.165) is 11.1 Å². The molecule has 0 spiro atoms. The number of benzene rings is 2. The molecule has 2 aromatic rings. The number of amides is 1. The smallest absolute Gasteiger partial charge is 0.237 e. The Morgan fingerprint density at radius 3 is 1.82 bits per heavy atom. The molecule has 116 valence electrons. The van der Waals surface area contributed by atoms with Crippen LogP contribution in [-0.4, -0.2) is 30.6 Å². The molecule has 1 atom stereocenters. The molecule has 1 amide bonds. The Morgan fingerprint density at radius 1 is 1.00 bits per heavy atom. The third-order valence-corrected chi connectivity index (χ3v) is 3.55. The highest BCUT2D eigenvalue weighted by molar-refractivity contribution is 5.80. The molecule has 0 aliphatic rings. The van der Waals surface area contributed by atoms with E-state index in [1.807, 2.05) is 60.7 Å². The highest BCUT2D eigenvalue weighted by Crippen LogP contribution is 2.14. The van der Waals surface area contributed by atoms with Crippen molar-refractivity contribution in [1.29, 1.82) is 0 Å². The van der Waals surface area contributed by atoms with Gasteiger partial charge in [-0.15, -0.1) is 0 Å². The predicted octanol–water partition coefficient (Wildman–Crippen LogP) is 2.19. The molecule has 22 heavy (non-hydrogen) atoms. The van der Waals surface area contributed by atoms with Crippen LogP contribution in [-0.2, 0) is 22.6 Å². The normalized spacial score (nSPS) is 12.3. The Bertz CT molecular complexity index is 531. The number of nitrogens with zero attached hydrogens (tertiary/aromatic N) is 1. The molecule has 0 aliphatic carbocycles. The molecule has 4 nitrogen and oxygen atoms in total. The van der Waals surface area contributed by atoms with Crippen LogP contribution in [0.25, 0.3) is 0 Å². The van der Waals surface area contributed by atoms with Gasteiger partial charge in [-0.3, -0.25) is 9.69 Å². The van der Waals surface area contributed by atoms with Gasteiger partial charge in [0.2, 0.25) is 5.91 Å². The maximum Gasteiger partial charge on any atom is 0.237 e. The molecular formula is C18H22N2O2. The van der Waals surface area contributed by atoms with Gasteiger partial charge in [-0.2, -0.15) is 0 Å². The van der Waals surface area contributed by atoms with Crippen molar-refractivity contribution >= 4 is 5.91 Å². The Kier molecular flexibility index (Phi) is 6.13. The topological polar surface area (TPSA) is 55.6 Å². The molecule has 0 saturated carbocycles. The van der Waals surface area contributed by atoms with Crippen LogP contribution in [0.15, 0.2) is 60.7 Å². The quantitative estimate of drug-likeness (QED) is 0.813. The summed E-state index contributed by atoms with van der Waals surface area (Å²) in [6.07, 6.45) is 0. The van der Waals surface area contributed by atoms with Gasteiger partial charge < -0.3 is 10.5 Å². The lowest BCUT2D eigenvalue weighted by Crippen LogP contribution is -2.46. The second-order valence-electron chi connectivity index (χ2n) is 5.25. The Hall–Kier alpha value is -2.17. The SMILES string of the molecule is COCC(C(N)=O)N(Cc1ccccc1)Cc1ccccc1. The van der Waals surface area contributed by atoms with Crippen LogP contribution < -0.4 is 5.73 Å². The standard InChI is InChI=1S/C18H22N2O2/c1-22-14-17(18(19)21)20(12-15-8-4-2-5-9-15)13-16-10-6-3-7-11-16/h2-11,17H,12-14H2,1H3,(H2,19,21). The van der Waals surface area contributed by atoms with E-state index >= 15 is 0 Å². The van der Waals surface area contributed by atoms with Gasteiger partial charge >= 0.3 is 0 Å². The number of methoxy groups -OCH3 is 1. The summed E-state index contributed by atoms with van der Waals surface area (Å²) >= 11 is 0. The number of hydrogen-bond acceptors (Lipinski definition) is 3. The lowest BCUT2D eigenvalue weighted by molar-refractivity contribution is -0.125. The van der Waals surface area contributed by atoms with Crippen molar-refractivity contribution in [3.63, 3.8) is 0 Å². The first-order chi connectivity index (χ1) is 10.7. The van der Waals surface area contributed by atoms with Gasteiger partial charge in [-0.1, -0.05) is 60.7 Å². The van der Waals surface area contributed by atoms with E-state index < -0.39 is 6.04 Å². The van der Waals surface area contributed by atoms with E-state index in [9.17, 15) is 4.79 Å². The van der Waals surface area contributed by atoms with Crippen LogP contribution >= 0.6 is 0 Å². The Labute approximate surface area is 131 Å². The minimum atomic E-state index is -0.453. The minimum absolute atomic E-state index is 0.287. The zero-order chi connectivity index (χ0) is 15.8. The molecule has 1 unspecified atom stereocenters. The zero-order valence-electron chi connectivity index (χ0n) is 12.8. The van der Waals surface area contributed by atoms with Crippen LogP contribution in [0.1, 0.15) is 11.1 Å². The first-order valence-corrected chi connectivity index (χ1v) is 7.31. The van der Waals surface area contributed by atoms with Gasteiger partial charge in [0.05, 0.1) is 6.61 Å². The van der Waals surface area contributed by atoms with Gasteiger partial charge in [-0.05, 0) is 11.1 Å². The maximum atomic E-state index is 11.8. The largest absolute Gasteiger partial charge is 0.383 e. The van der Waals surface area contributed by atoms with Gasteiger partial charge in [-0.25, -0.2) is 0 Å². The molecule has 0 aliphatic heterocycles. The first kappa shape index (κ1) is 16.2. The highest BCUT2D eigenvalue weighted by Gasteiger charge is 2.24. The number of rotatable bonds is 8. The lowest BCUT2D eigenvalue weighted by atomic mass is 10.1. The fraction of sp³-hybridized carbons (Fsp3) is 0.278. The number of nitrogens with two attached hydrogens (primary N) is 1. The van der Waals surface area contributed by atoms with Crippen molar-refractivity contribution in [2.75, 3.05) is 13.7 Å². The summed E-state index contributed by atoms with van der Waals surface area (Å²) in [7, 11) is 1.58. The van der Waals surface area contributed by atoms with Crippen LogP contribution in [0.3, 0.4) is 0 Å². The lowest BCUT2D eigenvalue weighted by Gasteiger charge is -2.29. The van der Waals surface area contributed by atoms with Crippen LogP contribution in [0.2, 0.25) is 0 Å². The summed E-state index contributed by atoms with van der Waals surface area (Å²) in [5.41, 5.74) is 7.85. The van der Waals surface area contributed by atoms with Gasteiger partial charge in [0.25, 0.3) is 0 Å². The number of carbonyl (C=O) groups is 1. The fourth-order valence-corrected chi connectivity index (χ4v) is 2.44. The van der Waals surface area contributed by atoms with E-state index in [4.69, 9.17) is 10.5 Å². The van der Waals surface area contributed by atoms with Gasteiger partial charge in [0.1, 0.15) is 6.04 Å². The van der Waals surface area contributed by atoms with Crippen LogP contribution in [0.4, 0.5) is 0 Å². The first-order valence-electron chi connectivity index (χ1n) is 7.31. The van der Waals surface area contributed by atoms with Crippen molar-refractivity contribution in [2.45, 2.75) is 19.1 Å². The van der Waals surface area contributed by atoms with E-state index in [1.54, 1.807) is 7.11 Å². The number of primary amides is 1. The average molecular weight is 298 g/mol. The molecule has 2 aromatic carbocycles. The monoisotopic (exact) mass is 298 g/mol. The van der Waals surface area contributed by atoms with Crippen molar-refractivity contribution < 1.29 is 9.53 Å². The van der Waals surface area contributed by atoms with E-state index in [1.165, 1.54) is 0 Å². The van der Waals surface area contributed by atoms with Gasteiger partial charge in [0.15, 0.2) is 0 Å². The van der Waals surface area contributed by atoms with Crippen molar-refractivity contribution in [3.8, 4) is 0 Å².